The van der Waals surface area contributed by atoms with Crippen molar-refractivity contribution in [2.24, 2.45) is 0 Å². The summed E-state index contributed by atoms with van der Waals surface area (Å²) < 4.78 is 6.05. The molecule has 2 aromatic heterocycles. The van der Waals surface area contributed by atoms with Gasteiger partial charge in [-0.25, -0.2) is 4.98 Å². The molecule has 3 heterocycles. The molecule has 1 aliphatic heterocycles. The van der Waals surface area contributed by atoms with E-state index in [0.29, 0.717) is 12.1 Å². The van der Waals surface area contributed by atoms with Crippen LogP contribution in [0.1, 0.15) is 28.9 Å². The number of thiophene rings is 1. The van der Waals surface area contributed by atoms with Gasteiger partial charge >= 0.3 is 0 Å². The number of ether oxygens (including phenoxy) is 1. The number of aromatic nitrogens is 1. The van der Waals surface area contributed by atoms with Gasteiger partial charge < -0.3 is 15.0 Å². The maximum atomic E-state index is 11.9. The van der Waals surface area contributed by atoms with Crippen LogP contribution in [0.5, 0.6) is 0 Å². The SMILES string of the molecule is C=CCNC(=O)c1ccc(N2CC(C)OC(c3ccsc3)C2)nc1. The van der Waals surface area contributed by atoms with E-state index in [1.54, 1.807) is 29.7 Å². The van der Waals surface area contributed by atoms with Crippen molar-refractivity contribution in [1.82, 2.24) is 10.3 Å². The molecule has 24 heavy (non-hydrogen) atoms. The molecule has 2 unspecified atom stereocenters. The molecule has 1 N–H and O–H groups in total. The summed E-state index contributed by atoms with van der Waals surface area (Å²) in [6.07, 6.45) is 3.45. The summed E-state index contributed by atoms with van der Waals surface area (Å²) in [5.74, 6) is 0.728. The number of hydrogen-bond donors (Lipinski definition) is 1. The summed E-state index contributed by atoms with van der Waals surface area (Å²) in [6, 6.07) is 5.80. The molecule has 2 atom stereocenters. The van der Waals surface area contributed by atoms with Crippen LogP contribution in [0.15, 0.2) is 47.8 Å². The van der Waals surface area contributed by atoms with E-state index in [1.807, 2.05) is 6.07 Å². The third-order valence-corrected chi connectivity index (χ3v) is 4.62. The van der Waals surface area contributed by atoms with E-state index in [9.17, 15) is 4.79 Å². The van der Waals surface area contributed by atoms with Crippen molar-refractivity contribution in [3.63, 3.8) is 0 Å². The molecule has 6 heteroatoms. The highest BCUT2D eigenvalue weighted by atomic mass is 32.1. The van der Waals surface area contributed by atoms with Gasteiger partial charge in [-0.2, -0.15) is 11.3 Å². The van der Waals surface area contributed by atoms with E-state index >= 15 is 0 Å². The van der Waals surface area contributed by atoms with Crippen molar-refractivity contribution >= 4 is 23.1 Å². The molecular weight excluding hydrogens is 322 g/mol. The largest absolute Gasteiger partial charge is 0.367 e. The van der Waals surface area contributed by atoms with E-state index < -0.39 is 0 Å². The highest BCUT2D eigenvalue weighted by Gasteiger charge is 2.27. The Labute approximate surface area is 146 Å². The minimum absolute atomic E-state index is 0.0531. The molecule has 1 saturated heterocycles. The van der Waals surface area contributed by atoms with Crippen LogP contribution in [-0.4, -0.2) is 36.6 Å². The first-order valence-electron chi connectivity index (χ1n) is 7.95. The Hall–Kier alpha value is -2.18. The van der Waals surface area contributed by atoms with Crippen molar-refractivity contribution in [3.8, 4) is 0 Å². The second-order valence-electron chi connectivity index (χ2n) is 5.80. The molecule has 3 rings (SSSR count). The highest BCUT2D eigenvalue weighted by molar-refractivity contribution is 7.07. The van der Waals surface area contributed by atoms with Crippen molar-refractivity contribution in [2.45, 2.75) is 19.1 Å². The van der Waals surface area contributed by atoms with Crippen molar-refractivity contribution in [2.75, 3.05) is 24.5 Å². The number of morpholine rings is 1. The van der Waals surface area contributed by atoms with Gasteiger partial charge in [0.05, 0.1) is 11.7 Å². The number of nitrogens with zero attached hydrogens (tertiary/aromatic N) is 2. The number of carbonyl (C=O) groups is 1. The molecule has 0 saturated carbocycles. The van der Waals surface area contributed by atoms with E-state index in [2.05, 4.69) is 45.5 Å². The lowest BCUT2D eigenvalue weighted by Crippen LogP contribution is -2.43. The third-order valence-electron chi connectivity index (χ3n) is 3.92. The van der Waals surface area contributed by atoms with Gasteiger partial charge in [-0.05, 0) is 41.4 Å². The zero-order valence-electron chi connectivity index (χ0n) is 13.6. The minimum atomic E-state index is -0.138. The number of carbonyl (C=O) groups excluding carboxylic acids is 1. The molecule has 0 spiro atoms. The van der Waals surface area contributed by atoms with Crippen molar-refractivity contribution < 1.29 is 9.53 Å². The Kier molecular flexibility index (Phi) is 5.27. The fourth-order valence-electron chi connectivity index (χ4n) is 2.76. The van der Waals surface area contributed by atoms with Gasteiger partial charge in [-0.3, -0.25) is 4.79 Å². The molecule has 0 aromatic carbocycles. The van der Waals surface area contributed by atoms with Crippen LogP contribution < -0.4 is 10.2 Å². The van der Waals surface area contributed by atoms with Gasteiger partial charge in [0.25, 0.3) is 5.91 Å². The molecular formula is C18H21N3O2S. The summed E-state index contributed by atoms with van der Waals surface area (Å²) >= 11 is 1.68. The van der Waals surface area contributed by atoms with E-state index in [4.69, 9.17) is 4.74 Å². The number of pyridine rings is 1. The average molecular weight is 343 g/mol. The quantitative estimate of drug-likeness (QED) is 0.848. The second-order valence-corrected chi connectivity index (χ2v) is 6.58. The Bertz CT molecular complexity index is 685. The Morgan fingerprint density at radius 1 is 1.50 bits per heavy atom. The summed E-state index contributed by atoms with van der Waals surface area (Å²) in [6.45, 7) is 7.66. The Morgan fingerprint density at radius 3 is 3.04 bits per heavy atom. The van der Waals surface area contributed by atoms with Crippen molar-refractivity contribution in [1.29, 1.82) is 0 Å². The smallest absolute Gasteiger partial charge is 0.253 e. The fourth-order valence-corrected chi connectivity index (χ4v) is 3.46. The molecule has 0 bridgehead atoms. The van der Waals surface area contributed by atoms with E-state index in [0.717, 1.165) is 18.9 Å². The molecule has 1 amide bonds. The van der Waals surface area contributed by atoms with Crippen LogP contribution >= 0.6 is 11.3 Å². The van der Waals surface area contributed by atoms with Gasteiger partial charge in [0.2, 0.25) is 0 Å². The predicted octanol–water partition coefficient (Wildman–Crippen LogP) is 3.03. The molecule has 126 valence electrons. The lowest BCUT2D eigenvalue weighted by molar-refractivity contribution is -0.0174. The number of nitrogens with one attached hydrogen (secondary N) is 1. The highest BCUT2D eigenvalue weighted by Crippen LogP contribution is 2.29. The maximum absolute atomic E-state index is 11.9. The van der Waals surface area contributed by atoms with Crippen LogP contribution in [0.4, 0.5) is 5.82 Å². The van der Waals surface area contributed by atoms with E-state index in [-0.39, 0.29) is 18.1 Å². The summed E-state index contributed by atoms with van der Waals surface area (Å²) in [7, 11) is 0. The van der Waals surface area contributed by atoms with Gasteiger partial charge in [0.15, 0.2) is 0 Å². The van der Waals surface area contributed by atoms with Crippen LogP contribution in [0, 0.1) is 0 Å². The average Bonchev–Trinajstić information content (AvgIpc) is 3.14. The second kappa shape index (κ2) is 7.59. The minimum Gasteiger partial charge on any atom is -0.367 e. The van der Waals surface area contributed by atoms with Crippen LogP contribution in [0.2, 0.25) is 0 Å². The van der Waals surface area contributed by atoms with Gasteiger partial charge in [-0.1, -0.05) is 6.08 Å². The zero-order valence-corrected chi connectivity index (χ0v) is 14.5. The van der Waals surface area contributed by atoms with Crippen LogP contribution in [-0.2, 0) is 4.74 Å². The molecule has 1 fully saturated rings. The predicted molar refractivity (Wildman–Crippen MR) is 96.6 cm³/mol. The van der Waals surface area contributed by atoms with Crippen molar-refractivity contribution in [3.05, 3.63) is 58.9 Å². The number of hydrogen-bond acceptors (Lipinski definition) is 5. The third kappa shape index (κ3) is 3.83. The van der Waals surface area contributed by atoms with Crippen LogP contribution in [0.3, 0.4) is 0 Å². The fraction of sp³-hybridized carbons (Fsp3) is 0.333. The Balaban J connectivity index is 1.71. The summed E-state index contributed by atoms with van der Waals surface area (Å²) in [5, 5.41) is 6.94. The van der Waals surface area contributed by atoms with Gasteiger partial charge in [0, 0.05) is 25.8 Å². The molecule has 5 nitrogen and oxygen atoms in total. The monoisotopic (exact) mass is 343 g/mol. The topological polar surface area (TPSA) is 54.5 Å². The summed E-state index contributed by atoms with van der Waals surface area (Å²) in [4.78, 5) is 18.6. The lowest BCUT2D eigenvalue weighted by atomic mass is 10.1. The number of amides is 1. The molecule has 0 radical (unpaired) electrons. The maximum Gasteiger partial charge on any atom is 0.253 e. The lowest BCUT2D eigenvalue weighted by Gasteiger charge is -2.37. The van der Waals surface area contributed by atoms with Crippen LogP contribution in [0.25, 0.3) is 0 Å². The zero-order chi connectivity index (χ0) is 16.9. The normalized spacial score (nSPS) is 20.6. The van der Waals surface area contributed by atoms with E-state index in [1.165, 1.54) is 5.56 Å². The first-order valence-corrected chi connectivity index (χ1v) is 8.89. The first kappa shape index (κ1) is 16.7. The standard InChI is InChI=1S/C18H21N3O2S/c1-3-7-19-18(22)14-4-5-17(20-9-14)21-10-13(2)23-16(11-21)15-6-8-24-12-15/h3-6,8-9,12-13,16H,1,7,10-11H2,2H3,(H,19,22). The first-order chi connectivity index (χ1) is 11.7. The molecule has 2 aromatic rings. The molecule has 1 aliphatic rings. The summed E-state index contributed by atoms with van der Waals surface area (Å²) in [5.41, 5.74) is 1.76. The number of rotatable bonds is 5. The number of anilines is 1. The van der Waals surface area contributed by atoms with Gasteiger partial charge in [-0.15, -0.1) is 6.58 Å². The Morgan fingerprint density at radius 2 is 2.38 bits per heavy atom. The van der Waals surface area contributed by atoms with Gasteiger partial charge in [0.1, 0.15) is 11.9 Å². The molecule has 0 aliphatic carbocycles.